The number of hydrazone groups is 1. The van der Waals surface area contributed by atoms with Crippen LogP contribution in [0.4, 0.5) is 0 Å². The number of rotatable bonds is 5. The van der Waals surface area contributed by atoms with Crippen LogP contribution in [0.5, 0.6) is 0 Å². The van der Waals surface area contributed by atoms with E-state index in [2.05, 4.69) is 37.9 Å². The molecular formula is C14H26N2. The van der Waals surface area contributed by atoms with Crippen LogP contribution in [0.25, 0.3) is 0 Å². The molecule has 1 aliphatic carbocycles. The van der Waals surface area contributed by atoms with Gasteiger partial charge in [0.05, 0.1) is 6.54 Å². The molecule has 0 atom stereocenters. The first-order valence-electron chi connectivity index (χ1n) is 6.43. The molecule has 1 saturated carbocycles. The highest BCUT2D eigenvalue weighted by atomic mass is 15.3. The minimum absolute atomic E-state index is 0.331. The zero-order valence-corrected chi connectivity index (χ0v) is 11.1. The first-order valence-corrected chi connectivity index (χ1v) is 6.43. The molecule has 0 heterocycles. The van der Waals surface area contributed by atoms with E-state index in [1.54, 1.807) is 0 Å². The molecule has 1 rings (SSSR count). The fourth-order valence-corrected chi connectivity index (χ4v) is 2.29. The van der Waals surface area contributed by atoms with E-state index in [0.717, 1.165) is 18.9 Å². The molecule has 0 aliphatic heterocycles. The van der Waals surface area contributed by atoms with Crippen molar-refractivity contribution in [1.82, 2.24) is 5.43 Å². The van der Waals surface area contributed by atoms with Crippen molar-refractivity contribution in [1.29, 1.82) is 0 Å². The molecule has 0 aromatic heterocycles. The molecule has 0 bridgehead atoms. The van der Waals surface area contributed by atoms with Crippen molar-refractivity contribution in [2.45, 2.75) is 52.9 Å². The summed E-state index contributed by atoms with van der Waals surface area (Å²) in [5.74, 6) is 0.719. The number of nitrogens with zero attached hydrogens (tertiary/aromatic N) is 1. The van der Waals surface area contributed by atoms with Gasteiger partial charge in [0.15, 0.2) is 0 Å². The fraction of sp³-hybridized carbons (Fsp3) is 0.786. The molecule has 1 N–H and O–H groups in total. The molecule has 0 amide bonds. The predicted octanol–water partition coefficient (Wildman–Crippen LogP) is 3.74. The second-order valence-electron chi connectivity index (χ2n) is 5.97. The van der Waals surface area contributed by atoms with E-state index in [4.69, 9.17) is 0 Å². The van der Waals surface area contributed by atoms with Crippen LogP contribution in [0.3, 0.4) is 0 Å². The molecule has 0 aromatic rings. The molecule has 0 aromatic carbocycles. The second-order valence-corrected chi connectivity index (χ2v) is 5.97. The molecule has 0 saturated heterocycles. The summed E-state index contributed by atoms with van der Waals surface area (Å²) in [6.07, 6.45) is 8.34. The van der Waals surface area contributed by atoms with Crippen molar-refractivity contribution in [2.24, 2.45) is 16.4 Å². The molecule has 0 unspecified atom stereocenters. The van der Waals surface area contributed by atoms with Gasteiger partial charge < -0.3 is 5.43 Å². The maximum Gasteiger partial charge on any atom is 0.0507 e. The monoisotopic (exact) mass is 222 g/mol. The van der Waals surface area contributed by atoms with Gasteiger partial charge in [0.2, 0.25) is 0 Å². The molecule has 1 fully saturated rings. The van der Waals surface area contributed by atoms with Crippen molar-refractivity contribution < 1.29 is 0 Å². The van der Waals surface area contributed by atoms with Crippen LogP contribution in [0.15, 0.2) is 17.8 Å². The molecule has 1 aliphatic rings. The van der Waals surface area contributed by atoms with Crippen LogP contribution in [-0.2, 0) is 0 Å². The highest BCUT2D eigenvalue weighted by molar-refractivity contribution is 5.87. The third kappa shape index (κ3) is 4.82. The van der Waals surface area contributed by atoms with E-state index in [9.17, 15) is 0 Å². The number of hydrogen-bond acceptors (Lipinski definition) is 2. The third-order valence-electron chi connectivity index (χ3n) is 3.00. The van der Waals surface area contributed by atoms with Crippen LogP contribution < -0.4 is 5.43 Å². The van der Waals surface area contributed by atoms with Gasteiger partial charge in [0, 0.05) is 5.71 Å². The summed E-state index contributed by atoms with van der Waals surface area (Å²) in [5.41, 5.74) is 4.80. The summed E-state index contributed by atoms with van der Waals surface area (Å²) in [6.45, 7) is 11.3. The zero-order valence-electron chi connectivity index (χ0n) is 11.1. The van der Waals surface area contributed by atoms with Gasteiger partial charge in [0.25, 0.3) is 0 Å². The Bertz CT molecular complexity index is 242. The topological polar surface area (TPSA) is 24.4 Å². The lowest BCUT2D eigenvalue weighted by Crippen LogP contribution is -2.22. The highest BCUT2D eigenvalue weighted by Gasteiger charge is 2.24. The number of hydrogen-bond donors (Lipinski definition) is 1. The first kappa shape index (κ1) is 13.3. The Morgan fingerprint density at radius 2 is 2.00 bits per heavy atom. The van der Waals surface area contributed by atoms with Crippen molar-refractivity contribution in [2.75, 3.05) is 6.54 Å². The summed E-state index contributed by atoms with van der Waals surface area (Å²) >= 11 is 0. The summed E-state index contributed by atoms with van der Waals surface area (Å²) in [5, 5.41) is 4.58. The Labute approximate surface area is 100 Å². The summed E-state index contributed by atoms with van der Waals surface area (Å²) in [7, 11) is 0. The number of nitrogens with one attached hydrogen (secondary N) is 1. The van der Waals surface area contributed by atoms with E-state index in [1.165, 1.54) is 31.4 Å². The minimum Gasteiger partial charge on any atom is -0.306 e. The fourth-order valence-electron chi connectivity index (χ4n) is 2.29. The average molecular weight is 222 g/mol. The molecule has 16 heavy (non-hydrogen) atoms. The van der Waals surface area contributed by atoms with E-state index in [-0.39, 0.29) is 0 Å². The van der Waals surface area contributed by atoms with Gasteiger partial charge >= 0.3 is 0 Å². The summed E-state index contributed by atoms with van der Waals surface area (Å²) in [6, 6.07) is 0. The van der Waals surface area contributed by atoms with Crippen LogP contribution in [0.1, 0.15) is 52.9 Å². The SMILES string of the molecule is C=CCN/N=C(/CC(C)(C)C)C1CCCC1. The van der Waals surface area contributed by atoms with E-state index in [0.29, 0.717) is 5.41 Å². The largest absolute Gasteiger partial charge is 0.306 e. The third-order valence-corrected chi connectivity index (χ3v) is 3.00. The second kappa shape index (κ2) is 6.07. The van der Waals surface area contributed by atoms with Crippen molar-refractivity contribution in [3.63, 3.8) is 0 Å². The normalized spacial score (nSPS) is 18.8. The Hall–Kier alpha value is -0.790. The van der Waals surface area contributed by atoms with Crippen molar-refractivity contribution in [3.8, 4) is 0 Å². The van der Waals surface area contributed by atoms with Gasteiger partial charge in [-0.25, -0.2) is 0 Å². The Morgan fingerprint density at radius 1 is 1.38 bits per heavy atom. The lowest BCUT2D eigenvalue weighted by Gasteiger charge is -2.23. The minimum atomic E-state index is 0.331. The molecule has 2 heteroatoms. The van der Waals surface area contributed by atoms with E-state index >= 15 is 0 Å². The summed E-state index contributed by atoms with van der Waals surface area (Å²) < 4.78 is 0. The zero-order chi connectivity index (χ0) is 12.0. The Morgan fingerprint density at radius 3 is 2.50 bits per heavy atom. The van der Waals surface area contributed by atoms with E-state index < -0.39 is 0 Å². The molecular weight excluding hydrogens is 196 g/mol. The van der Waals surface area contributed by atoms with Gasteiger partial charge in [-0.1, -0.05) is 39.7 Å². The van der Waals surface area contributed by atoms with Crippen LogP contribution >= 0.6 is 0 Å². The lowest BCUT2D eigenvalue weighted by molar-refractivity contribution is 0.423. The standard InChI is InChI=1S/C14H26N2/c1-5-10-15-16-13(11-14(2,3)4)12-8-6-7-9-12/h5,12,15H,1,6-11H2,2-4H3/b16-13-. The van der Waals surface area contributed by atoms with Gasteiger partial charge in [-0.3, -0.25) is 0 Å². The predicted molar refractivity (Wildman–Crippen MR) is 71.7 cm³/mol. The van der Waals surface area contributed by atoms with Crippen molar-refractivity contribution >= 4 is 5.71 Å². The molecule has 92 valence electrons. The van der Waals surface area contributed by atoms with Gasteiger partial charge in [-0.15, -0.1) is 6.58 Å². The van der Waals surface area contributed by atoms with Crippen LogP contribution in [-0.4, -0.2) is 12.3 Å². The smallest absolute Gasteiger partial charge is 0.0507 e. The van der Waals surface area contributed by atoms with Gasteiger partial charge in [-0.2, -0.15) is 5.10 Å². The van der Waals surface area contributed by atoms with Crippen LogP contribution in [0.2, 0.25) is 0 Å². The molecule has 2 nitrogen and oxygen atoms in total. The lowest BCUT2D eigenvalue weighted by atomic mass is 9.84. The average Bonchev–Trinajstić information content (AvgIpc) is 2.67. The van der Waals surface area contributed by atoms with Crippen LogP contribution in [0, 0.1) is 11.3 Å². The maximum absolute atomic E-state index is 4.58. The quantitative estimate of drug-likeness (QED) is 0.326. The molecule has 0 spiro atoms. The first-order chi connectivity index (χ1) is 7.53. The van der Waals surface area contributed by atoms with Crippen molar-refractivity contribution in [3.05, 3.63) is 12.7 Å². The van der Waals surface area contributed by atoms with Gasteiger partial charge in [0.1, 0.15) is 0 Å². The van der Waals surface area contributed by atoms with Gasteiger partial charge in [-0.05, 0) is 30.6 Å². The molecule has 0 radical (unpaired) electrons. The maximum atomic E-state index is 4.58. The highest BCUT2D eigenvalue weighted by Crippen LogP contribution is 2.31. The van der Waals surface area contributed by atoms with E-state index in [1.807, 2.05) is 6.08 Å². The Balaban J connectivity index is 2.60. The Kier molecular flexibility index (Phi) is 5.04. The summed E-state index contributed by atoms with van der Waals surface area (Å²) in [4.78, 5) is 0.